The van der Waals surface area contributed by atoms with Gasteiger partial charge in [-0.25, -0.2) is 0 Å². The van der Waals surface area contributed by atoms with E-state index in [1.807, 2.05) is 14.0 Å². The van der Waals surface area contributed by atoms with Crippen molar-refractivity contribution in [1.82, 2.24) is 5.32 Å². The minimum Gasteiger partial charge on any atom is -0.466 e. The van der Waals surface area contributed by atoms with Crippen LogP contribution in [-0.4, -0.2) is 18.2 Å². The van der Waals surface area contributed by atoms with Gasteiger partial charge in [0.05, 0.1) is 11.2 Å². The molecule has 1 fully saturated rings. The third-order valence-electron chi connectivity index (χ3n) is 4.79. The van der Waals surface area contributed by atoms with Crippen molar-refractivity contribution in [2.24, 2.45) is 5.92 Å². The number of ether oxygens (including phenoxy) is 1. The summed E-state index contributed by atoms with van der Waals surface area (Å²) in [6.07, 6.45) is 1.05. The summed E-state index contributed by atoms with van der Waals surface area (Å²) in [5.74, 6) is 2.48. The molecule has 0 saturated carbocycles. The second-order valence-electron chi connectivity index (χ2n) is 7.30. The summed E-state index contributed by atoms with van der Waals surface area (Å²) < 4.78 is 12.1. The average Bonchev–Trinajstić information content (AvgIpc) is 2.66. The molecule has 0 amide bonds. The van der Waals surface area contributed by atoms with E-state index in [9.17, 15) is 0 Å². The Kier molecular flexibility index (Phi) is 3.81. The fraction of sp³-hybridized carbons (Fsp3) is 0.765. The fourth-order valence-electron chi connectivity index (χ4n) is 3.94. The van der Waals surface area contributed by atoms with Crippen LogP contribution in [0.3, 0.4) is 0 Å². The Morgan fingerprint density at radius 1 is 1.10 bits per heavy atom. The third-order valence-corrected chi connectivity index (χ3v) is 4.79. The van der Waals surface area contributed by atoms with E-state index >= 15 is 0 Å². The van der Waals surface area contributed by atoms with Crippen LogP contribution in [0.15, 0.2) is 4.42 Å². The Morgan fingerprint density at radius 2 is 1.70 bits per heavy atom. The molecular weight excluding hydrogens is 250 g/mol. The quantitative estimate of drug-likeness (QED) is 0.906. The summed E-state index contributed by atoms with van der Waals surface area (Å²) in [6.45, 7) is 15.0. The van der Waals surface area contributed by atoms with Crippen LogP contribution >= 0.6 is 0 Å². The van der Waals surface area contributed by atoms with Crippen LogP contribution in [0.2, 0.25) is 0 Å². The van der Waals surface area contributed by atoms with E-state index in [0.29, 0.717) is 5.92 Å². The number of aryl methyl sites for hydroxylation is 2. The van der Waals surface area contributed by atoms with E-state index in [0.717, 1.165) is 17.9 Å². The number of furan rings is 1. The second-order valence-corrected chi connectivity index (χ2v) is 7.30. The molecule has 1 saturated heterocycles. The lowest BCUT2D eigenvalue weighted by molar-refractivity contribution is -0.0777. The molecule has 0 aliphatic carbocycles. The largest absolute Gasteiger partial charge is 0.466 e. The van der Waals surface area contributed by atoms with E-state index in [1.54, 1.807) is 0 Å². The minimum atomic E-state index is -0.138. The van der Waals surface area contributed by atoms with Crippen LogP contribution in [0.1, 0.15) is 62.8 Å². The summed E-state index contributed by atoms with van der Waals surface area (Å²) in [6, 6.07) is 0.268. The first kappa shape index (κ1) is 15.6. The maximum Gasteiger partial charge on any atom is 0.106 e. The summed E-state index contributed by atoms with van der Waals surface area (Å²) in [5.41, 5.74) is 2.37. The molecule has 2 unspecified atom stereocenters. The molecule has 0 aromatic carbocycles. The third kappa shape index (κ3) is 2.53. The molecule has 1 aromatic heterocycles. The molecule has 2 rings (SSSR count). The van der Waals surface area contributed by atoms with Gasteiger partial charge in [-0.1, -0.05) is 0 Å². The fourth-order valence-corrected chi connectivity index (χ4v) is 3.94. The molecule has 0 bridgehead atoms. The molecule has 114 valence electrons. The predicted molar refractivity (Wildman–Crippen MR) is 82.1 cm³/mol. The highest BCUT2D eigenvalue weighted by atomic mass is 16.5. The monoisotopic (exact) mass is 279 g/mol. The van der Waals surface area contributed by atoms with Crippen LogP contribution in [0, 0.1) is 26.7 Å². The Balaban J connectivity index is 2.43. The number of hydrogen-bond donors (Lipinski definition) is 1. The molecule has 3 nitrogen and oxygen atoms in total. The molecule has 20 heavy (non-hydrogen) atoms. The van der Waals surface area contributed by atoms with Gasteiger partial charge in [0.15, 0.2) is 0 Å². The number of nitrogens with one attached hydrogen (secondary N) is 1. The van der Waals surface area contributed by atoms with Crippen molar-refractivity contribution in [1.29, 1.82) is 0 Å². The smallest absolute Gasteiger partial charge is 0.106 e. The SMILES string of the molecule is CNC(c1c(C)oc(C)c1C)C1CC(C)(C)OC1(C)C. The van der Waals surface area contributed by atoms with Crippen LogP contribution in [0.4, 0.5) is 0 Å². The molecule has 0 spiro atoms. The first-order chi connectivity index (χ1) is 9.09. The molecule has 1 aromatic rings. The van der Waals surface area contributed by atoms with Crippen LogP contribution < -0.4 is 5.32 Å². The lowest BCUT2D eigenvalue weighted by Gasteiger charge is -2.33. The average molecular weight is 279 g/mol. The van der Waals surface area contributed by atoms with Crippen molar-refractivity contribution < 1.29 is 9.15 Å². The number of hydrogen-bond acceptors (Lipinski definition) is 3. The van der Waals surface area contributed by atoms with Crippen molar-refractivity contribution in [2.75, 3.05) is 7.05 Å². The van der Waals surface area contributed by atoms with Crippen molar-refractivity contribution >= 4 is 0 Å². The zero-order valence-electron chi connectivity index (χ0n) is 14.2. The van der Waals surface area contributed by atoms with Crippen LogP contribution in [0.25, 0.3) is 0 Å². The van der Waals surface area contributed by atoms with E-state index < -0.39 is 0 Å². The lowest BCUT2D eigenvalue weighted by Crippen LogP contribution is -2.37. The zero-order chi connectivity index (χ0) is 15.3. The molecule has 1 aliphatic heterocycles. The highest BCUT2D eigenvalue weighted by Gasteiger charge is 2.49. The molecule has 2 heterocycles. The van der Waals surface area contributed by atoms with Gasteiger partial charge in [0.25, 0.3) is 0 Å². The van der Waals surface area contributed by atoms with E-state index in [-0.39, 0.29) is 17.2 Å². The van der Waals surface area contributed by atoms with Gasteiger partial charge in [-0.3, -0.25) is 0 Å². The maximum atomic E-state index is 6.27. The molecule has 1 N–H and O–H groups in total. The van der Waals surface area contributed by atoms with Crippen LogP contribution in [-0.2, 0) is 4.74 Å². The van der Waals surface area contributed by atoms with Crippen LogP contribution in [0.5, 0.6) is 0 Å². The van der Waals surface area contributed by atoms with E-state index in [1.165, 1.54) is 11.1 Å². The molecular formula is C17H29NO2. The highest BCUT2D eigenvalue weighted by Crippen LogP contribution is 2.48. The normalized spacial score (nSPS) is 25.9. The Bertz CT molecular complexity index is 499. The van der Waals surface area contributed by atoms with Gasteiger partial charge < -0.3 is 14.5 Å². The standard InChI is InChI=1S/C17H29NO2/c1-10-11(2)19-12(3)14(10)15(18-8)13-9-16(4,5)20-17(13,6)7/h13,15,18H,9H2,1-8H3. The number of rotatable bonds is 3. The molecule has 2 atom stereocenters. The predicted octanol–water partition coefficient (Wildman–Crippen LogP) is 4.06. The highest BCUT2D eigenvalue weighted by molar-refractivity contribution is 5.35. The van der Waals surface area contributed by atoms with Crippen molar-refractivity contribution in [2.45, 2.75) is 72.1 Å². The van der Waals surface area contributed by atoms with Crippen molar-refractivity contribution in [3.63, 3.8) is 0 Å². The Morgan fingerprint density at radius 3 is 2.05 bits per heavy atom. The van der Waals surface area contributed by atoms with E-state index in [4.69, 9.17) is 9.15 Å². The summed E-state index contributed by atoms with van der Waals surface area (Å²) >= 11 is 0. The van der Waals surface area contributed by atoms with E-state index in [2.05, 4.69) is 46.9 Å². The second kappa shape index (κ2) is 4.88. The Hall–Kier alpha value is -0.800. The van der Waals surface area contributed by atoms with Gasteiger partial charge in [-0.2, -0.15) is 0 Å². The summed E-state index contributed by atoms with van der Waals surface area (Å²) in [5, 5.41) is 3.51. The van der Waals surface area contributed by atoms with Gasteiger partial charge >= 0.3 is 0 Å². The topological polar surface area (TPSA) is 34.4 Å². The zero-order valence-corrected chi connectivity index (χ0v) is 14.2. The summed E-state index contributed by atoms with van der Waals surface area (Å²) in [4.78, 5) is 0. The summed E-state index contributed by atoms with van der Waals surface area (Å²) in [7, 11) is 2.04. The van der Waals surface area contributed by atoms with Gasteiger partial charge in [0.1, 0.15) is 11.5 Å². The lowest BCUT2D eigenvalue weighted by atomic mass is 9.78. The maximum absolute atomic E-state index is 6.27. The molecule has 3 heteroatoms. The molecule has 0 radical (unpaired) electrons. The van der Waals surface area contributed by atoms with Gasteiger partial charge in [-0.05, 0) is 67.5 Å². The van der Waals surface area contributed by atoms with Crippen molar-refractivity contribution in [3.05, 3.63) is 22.6 Å². The van der Waals surface area contributed by atoms with Gasteiger partial charge in [-0.15, -0.1) is 0 Å². The van der Waals surface area contributed by atoms with Gasteiger partial charge in [0.2, 0.25) is 0 Å². The van der Waals surface area contributed by atoms with Gasteiger partial charge in [0, 0.05) is 17.5 Å². The first-order valence-electron chi connectivity index (χ1n) is 7.53. The Labute approximate surface area is 123 Å². The van der Waals surface area contributed by atoms with Crippen molar-refractivity contribution in [3.8, 4) is 0 Å². The molecule has 1 aliphatic rings. The first-order valence-corrected chi connectivity index (χ1v) is 7.53. The minimum absolute atomic E-state index is 0.0656.